The van der Waals surface area contributed by atoms with Gasteiger partial charge in [-0.15, -0.1) is 0 Å². The van der Waals surface area contributed by atoms with E-state index in [1.807, 2.05) is 31.2 Å². The highest BCUT2D eigenvalue weighted by Crippen LogP contribution is 2.37. The molecule has 0 aromatic heterocycles. The lowest BCUT2D eigenvalue weighted by atomic mass is 10.1. The first-order chi connectivity index (χ1) is 9.65. The molecule has 4 heteroatoms. The number of hydrogen-bond acceptors (Lipinski definition) is 3. The normalized spacial score (nSPS) is 12.1. The van der Waals surface area contributed by atoms with E-state index in [0.717, 1.165) is 11.3 Å². The van der Waals surface area contributed by atoms with Crippen molar-refractivity contribution in [3.05, 3.63) is 29.8 Å². The first kappa shape index (κ1) is 17.8. The molecule has 0 amide bonds. The van der Waals surface area contributed by atoms with Crippen molar-refractivity contribution in [1.29, 1.82) is 0 Å². The second kappa shape index (κ2) is 7.12. The third-order valence-corrected chi connectivity index (χ3v) is 8.38. The average molecular weight is 308 g/mol. The van der Waals surface area contributed by atoms with E-state index >= 15 is 0 Å². The van der Waals surface area contributed by atoms with Crippen molar-refractivity contribution in [1.82, 2.24) is 0 Å². The fourth-order valence-corrected chi connectivity index (χ4v) is 2.68. The highest BCUT2D eigenvalue weighted by atomic mass is 28.4. The van der Waals surface area contributed by atoms with Crippen molar-refractivity contribution < 1.29 is 14.0 Å². The third-order valence-electron chi connectivity index (χ3n) is 4.03. The van der Waals surface area contributed by atoms with Crippen LogP contribution in [0.25, 0.3) is 0 Å². The largest absolute Gasteiger partial charge is 0.544 e. The van der Waals surface area contributed by atoms with Gasteiger partial charge in [-0.1, -0.05) is 32.9 Å². The quantitative estimate of drug-likeness (QED) is 0.570. The highest BCUT2D eigenvalue weighted by molar-refractivity contribution is 6.74. The highest BCUT2D eigenvalue weighted by Gasteiger charge is 2.38. The Morgan fingerprint density at radius 2 is 1.71 bits per heavy atom. The fraction of sp³-hybridized carbons (Fsp3) is 0.588. The molecule has 0 N–H and O–H groups in total. The maximum atomic E-state index is 11.3. The number of rotatable bonds is 6. The van der Waals surface area contributed by atoms with E-state index in [1.54, 1.807) is 0 Å². The van der Waals surface area contributed by atoms with Gasteiger partial charge in [0.15, 0.2) is 0 Å². The molecular formula is C17H28O3Si. The van der Waals surface area contributed by atoms with E-state index in [-0.39, 0.29) is 11.0 Å². The minimum Gasteiger partial charge on any atom is -0.544 e. The van der Waals surface area contributed by atoms with Crippen LogP contribution in [0, 0.1) is 0 Å². The molecule has 0 unspecified atom stereocenters. The molecule has 21 heavy (non-hydrogen) atoms. The predicted molar refractivity (Wildman–Crippen MR) is 89.2 cm³/mol. The molecule has 0 aliphatic heterocycles. The van der Waals surface area contributed by atoms with Crippen LogP contribution >= 0.6 is 0 Å². The Labute approximate surface area is 129 Å². The van der Waals surface area contributed by atoms with Crippen molar-refractivity contribution in [2.75, 3.05) is 6.61 Å². The summed E-state index contributed by atoms with van der Waals surface area (Å²) in [7, 11) is -1.78. The van der Waals surface area contributed by atoms with Gasteiger partial charge < -0.3 is 9.16 Å². The van der Waals surface area contributed by atoms with E-state index in [1.165, 1.54) is 0 Å². The van der Waals surface area contributed by atoms with Crippen molar-refractivity contribution >= 4 is 14.3 Å². The van der Waals surface area contributed by atoms with Crippen LogP contribution in [0.15, 0.2) is 24.3 Å². The Morgan fingerprint density at radius 1 is 1.14 bits per heavy atom. The molecule has 0 saturated heterocycles. The van der Waals surface area contributed by atoms with Crippen molar-refractivity contribution in [3.8, 4) is 5.75 Å². The van der Waals surface area contributed by atoms with Crippen LogP contribution in [0.5, 0.6) is 5.75 Å². The van der Waals surface area contributed by atoms with Crippen LogP contribution in [0.3, 0.4) is 0 Å². The van der Waals surface area contributed by atoms with Gasteiger partial charge in [0.1, 0.15) is 5.75 Å². The van der Waals surface area contributed by atoms with Crippen LogP contribution < -0.4 is 4.43 Å². The second-order valence-electron chi connectivity index (χ2n) is 6.81. The lowest BCUT2D eigenvalue weighted by molar-refractivity contribution is -0.143. The van der Waals surface area contributed by atoms with Crippen LogP contribution in [0.2, 0.25) is 18.1 Å². The molecule has 0 heterocycles. The molecule has 118 valence electrons. The van der Waals surface area contributed by atoms with Gasteiger partial charge in [0, 0.05) is 6.42 Å². The molecule has 0 saturated carbocycles. The van der Waals surface area contributed by atoms with Crippen LogP contribution in [-0.2, 0) is 16.0 Å². The summed E-state index contributed by atoms with van der Waals surface area (Å²) in [6, 6.07) is 8.06. The number of benzene rings is 1. The maximum Gasteiger partial charge on any atom is 0.306 e. The monoisotopic (exact) mass is 308 g/mol. The van der Waals surface area contributed by atoms with Gasteiger partial charge in [-0.3, -0.25) is 4.79 Å². The zero-order chi connectivity index (χ0) is 16.1. The smallest absolute Gasteiger partial charge is 0.306 e. The molecule has 0 bridgehead atoms. The minimum absolute atomic E-state index is 0.140. The van der Waals surface area contributed by atoms with Crippen LogP contribution in [0.4, 0.5) is 0 Å². The summed E-state index contributed by atoms with van der Waals surface area (Å²) < 4.78 is 11.2. The SMILES string of the molecule is CCOC(=O)CCc1ccc(O[Si](C)(C)C(C)(C)C)cc1. The Hall–Kier alpha value is -1.29. The molecule has 1 aromatic rings. The molecule has 0 radical (unpaired) electrons. The number of carbonyl (C=O) groups is 1. The number of aryl methyl sites for hydroxylation is 1. The summed E-state index contributed by atoms with van der Waals surface area (Å²) in [5.41, 5.74) is 1.13. The Bertz CT molecular complexity index is 458. The Kier molecular flexibility index (Phi) is 6.02. The standard InChI is InChI=1S/C17H28O3Si/c1-7-19-16(18)13-10-14-8-11-15(12-9-14)20-21(5,6)17(2,3)4/h8-9,11-12H,7,10,13H2,1-6H3. The Morgan fingerprint density at radius 3 is 2.19 bits per heavy atom. The fourth-order valence-electron chi connectivity index (χ4n) is 1.65. The van der Waals surface area contributed by atoms with Gasteiger partial charge in [0.25, 0.3) is 0 Å². The molecule has 0 aliphatic carbocycles. The summed E-state index contributed by atoms with van der Waals surface area (Å²) in [5, 5.41) is 0.190. The first-order valence-corrected chi connectivity index (χ1v) is 10.5. The zero-order valence-corrected chi connectivity index (χ0v) is 15.2. The van der Waals surface area contributed by atoms with Crippen molar-refractivity contribution in [2.24, 2.45) is 0 Å². The molecule has 1 rings (SSSR count). The topological polar surface area (TPSA) is 35.5 Å². The molecular weight excluding hydrogens is 280 g/mol. The number of esters is 1. The van der Waals surface area contributed by atoms with E-state index < -0.39 is 8.32 Å². The van der Waals surface area contributed by atoms with Crippen molar-refractivity contribution in [3.63, 3.8) is 0 Å². The van der Waals surface area contributed by atoms with Gasteiger partial charge in [-0.2, -0.15) is 0 Å². The van der Waals surface area contributed by atoms with Gasteiger partial charge >= 0.3 is 5.97 Å². The van der Waals surface area contributed by atoms with Crippen molar-refractivity contribution in [2.45, 2.75) is 58.7 Å². The minimum atomic E-state index is -1.78. The molecule has 3 nitrogen and oxygen atoms in total. The summed E-state index contributed by atoms with van der Waals surface area (Å²) in [5.74, 6) is 0.778. The average Bonchev–Trinajstić information content (AvgIpc) is 2.36. The predicted octanol–water partition coefficient (Wildman–Crippen LogP) is 4.57. The number of carbonyl (C=O) groups excluding carboxylic acids is 1. The van der Waals surface area contributed by atoms with Gasteiger partial charge in [0.05, 0.1) is 6.61 Å². The zero-order valence-electron chi connectivity index (χ0n) is 14.2. The van der Waals surface area contributed by atoms with Gasteiger partial charge in [0.2, 0.25) is 8.32 Å². The summed E-state index contributed by atoms with van der Waals surface area (Å²) in [6.07, 6.45) is 1.13. The van der Waals surface area contributed by atoms with Crippen LogP contribution in [0.1, 0.15) is 39.7 Å². The van der Waals surface area contributed by atoms with Gasteiger partial charge in [-0.25, -0.2) is 0 Å². The number of ether oxygens (including phenoxy) is 1. The summed E-state index contributed by atoms with van der Waals surface area (Å²) >= 11 is 0. The second-order valence-corrected chi connectivity index (χ2v) is 11.5. The van der Waals surface area contributed by atoms with Crippen LogP contribution in [-0.4, -0.2) is 20.9 Å². The lowest BCUT2D eigenvalue weighted by Gasteiger charge is -2.36. The molecule has 0 atom stereocenters. The van der Waals surface area contributed by atoms with E-state index in [2.05, 4.69) is 33.9 Å². The summed E-state index contributed by atoms with van der Waals surface area (Å²) in [6.45, 7) is 13.4. The molecule has 0 spiro atoms. The van der Waals surface area contributed by atoms with E-state index in [9.17, 15) is 4.79 Å². The lowest BCUT2D eigenvalue weighted by Crippen LogP contribution is -2.43. The first-order valence-electron chi connectivity index (χ1n) is 7.59. The number of hydrogen-bond donors (Lipinski definition) is 0. The summed E-state index contributed by atoms with van der Waals surface area (Å²) in [4.78, 5) is 11.3. The van der Waals surface area contributed by atoms with E-state index in [0.29, 0.717) is 19.4 Å². The Balaban J connectivity index is 2.60. The van der Waals surface area contributed by atoms with Gasteiger partial charge in [-0.05, 0) is 49.2 Å². The van der Waals surface area contributed by atoms with E-state index in [4.69, 9.17) is 9.16 Å². The third kappa shape index (κ3) is 5.54. The molecule has 0 fully saturated rings. The molecule has 1 aromatic carbocycles. The molecule has 0 aliphatic rings. The maximum absolute atomic E-state index is 11.3.